The third kappa shape index (κ3) is 3.72. The average molecular weight is 357 g/mol. The van der Waals surface area contributed by atoms with Crippen molar-refractivity contribution >= 4 is 33.2 Å². The lowest BCUT2D eigenvalue weighted by molar-refractivity contribution is -0.116. The van der Waals surface area contributed by atoms with Gasteiger partial charge in [0, 0.05) is 7.05 Å². The van der Waals surface area contributed by atoms with Crippen LogP contribution in [0.3, 0.4) is 0 Å². The Morgan fingerprint density at radius 2 is 2.00 bits per heavy atom. The summed E-state index contributed by atoms with van der Waals surface area (Å²) < 4.78 is 26.1. The first kappa shape index (κ1) is 17.5. The van der Waals surface area contributed by atoms with Gasteiger partial charge in [-0.15, -0.1) is 0 Å². The Labute approximate surface area is 139 Å². The van der Waals surface area contributed by atoms with Crippen molar-refractivity contribution in [1.29, 1.82) is 0 Å². The van der Waals surface area contributed by atoms with Crippen LogP contribution in [-0.4, -0.2) is 42.4 Å². The summed E-state index contributed by atoms with van der Waals surface area (Å²) in [4.78, 5) is 12.2. The van der Waals surface area contributed by atoms with Crippen LogP contribution in [-0.2, 0) is 14.8 Å². The molecule has 0 aliphatic rings. The number of anilines is 1. The summed E-state index contributed by atoms with van der Waals surface area (Å²) in [6.45, 7) is 2.87. The molecule has 7 nitrogen and oxygen atoms in total. The smallest absolute Gasteiger partial charge is 0.246 e. The van der Waals surface area contributed by atoms with Gasteiger partial charge in [0.2, 0.25) is 15.9 Å². The van der Waals surface area contributed by atoms with Gasteiger partial charge in [0.1, 0.15) is 4.90 Å². The van der Waals surface area contributed by atoms with Crippen molar-refractivity contribution in [2.45, 2.75) is 18.7 Å². The molecule has 0 unspecified atom stereocenters. The zero-order valence-corrected chi connectivity index (χ0v) is 14.5. The number of benzene rings is 1. The molecule has 0 aliphatic heterocycles. The van der Waals surface area contributed by atoms with Crippen molar-refractivity contribution in [2.24, 2.45) is 0 Å². The Hall–Kier alpha value is -1.90. The van der Waals surface area contributed by atoms with E-state index >= 15 is 0 Å². The van der Waals surface area contributed by atoms with E-state index in [1.54, 1.807) is 38.1 Å². The zero-order valence-electron chi connectivity index (χ0n) is 12.9. The Morgan fingerprint density at radius 3 is 2.57 bits per heavy atom. The van der Waals surface area contributed by atoms with E-state index < -0.39 is 15.9 Å². The van der Waals surface area contributed by atoms with Gasteiger partial charge >= 0.3 is 0 Å². The maximum Gasteiger partial charge on any atom is 0.246 e. The third-order valence-corrected chi connectivity index (χ3v) is 5.64. The number of sulfonamides is 1. The van der Waals surface area contributed by atoms with Crippen molar-refractivity contribution in [1.82, 2.24) is 14.5 Å². The Kier molecular flexibility index (Phi) is 5.08. The Bertz CT molecular complexity index is 813. The molecule has 2 aromatic rings. The van der Waals surface area contributed by atoms with E-state index in [0.29, 0.717) is 22.1 Å². The predicted octanol–water partition coefficient (Wildman–Crippen LogP) is 1.94. The normalized spacial score (nSPS) is 11.7. The number of hydrogen-bond donors (Lipinski definition) is 2. The second-order valence-corrected chi connectivity index (χ2v) is 7.44. The SMILES string of the molecule is Cc1n[nH]c(C)c1S(=O)(=O)N(C)CC(=O)Nc1ccccc1Cl. The van der Waals surface area contributed by atoms with E-state index in [9.17, 15) is 13.2 Å². The molecule has 2 rings (SSSR count). The maximum absolute atomic E-state index is 12.5. The van der Waals surface area contributed by atoms with E-state index in [4.69, 9.17) is 11.6 Å². The molecule has 0 radical (unpaired) electrons. The molecule has 0 bridgehead atoms. The predicted molar refractivity (Wildman–Crippen MR) is 88.0 cm³/mol. The van der Waals surface area contributed by atoms with Gasteiger partial charge < -0.3 is 5.32 Å². The Morgan fingerprint density at radius 1 is 1.35 bits per heavy atom. The lowest BCUT2D eigenvalue weighted by atomic mass is 10.3. The summed E-state index contributed by atoms with van der Waals surface area (Å²) in [5.74, 6) is -0.483. The fraction of sp³-hybridized carbons (Fsp3) is 0.286. The minimum atomic E-state index is -3.81. The number of carbonyl (C=O) groups is 1. The van der Waals surface area contributed by atoms with Gasteiger partial charge in [-0.2, -0.15) is 9.40 Å². The van der Waals surface area contributed by atoms with Crippen molar-refractivity contribution in [3.8, 4) is 0 Å². The van der Waals surface area contributed by atoms with Crippen LogP contribution in [0.4, 0.5) is 5.69 Å². The molecule has 1 aromatic carbocycles. The fourth-order valence-electron chi connectivity index (χ4n) is 2.12. The number of H-pyrrole nitrogens is 1. The fourth-order valence-corrected chi connectivity index (χ4v) is 3.75. The van der Waals surface area contributed by atoms with Gasteiger partial charge in [-0.3, -0.25) is 9.89 Å². The van der Waals surface area contributed by atoms with Crippen LogP contribution in [0, 0.1) is 13.8 Å². The lowest BCUT2D eigenvalue weighted by Crippen LogP contribution is -2.35. The number of aryl methyl sites for hydroxylation is 2. The molecule has 0 fully saturated rings. The van der Waals surface area contributed by atoms with Crippen molar-refractivity contribution in [3.63, 3.8) is 0 Å². The van der Waals surface area contributed by atoms with Crippen LogP contribution in [0.15, 0.2) is 29.2 Å². The number of aromatic amines is 1. The minimum Gasteiger partial charge on any atom is -0.324 e. The van der Waals surface area contributed by atoms with Gasteiger partial charge in [0.15, 0.2) is 0 Å². The maximum atomic E-state index is 12.5. The highest BCUT2D eigenvalue weighted by Gasteiger charge is 2.28. The highest BCUT2D eigenvalue weighted by atomic mass is 35.5. The van der Waals surface area contributed by atoms with Crippen molar-refractivity contribution in [2.75, 3.05) is 18.9 Å². The number of carbonyl (C=O) groups excluding carboxylic acids is 1. The molecule has 9 heteroatoms. The van der Waals surface area contributed by atoms with E-state index in [0.717, 1.165) is 4.31 Å². The van der Waals surface area contributed by atoms with Crippen LogP contribution in [0.25, 0.3) is 0 Å². The second-order valence-electron chi connectivity index (χ2n) is 5.05. The van der Waals surface area contributed by atoms with Crippen molar-refractivity contribution in [3.05, 3.63) is 40.7 Å². The molecule has 124 valence electrons. The molecule has 1 aromatic heterocycles. The number of amides is 1. The van der Waals surface area contributed by atoms with Gasteiger partial charge in [0.25, 0.3) is 0 Å². The van der Waals surface area contributed by atoms with Crippen LogP contribution >= 0.6 is 11.6 Å². The summed E-state index contributed by atoms with van der Waals surface area (Å²) >= 11 is 5.96. The van der Waals surface area contributed by atoms with Crippen LogP contribution in [0.5, 0.6) is 0 Å². The van der Waals surface area contributed by atoms with Gasteiger partial charge in [-0.1, -0.05) is 23.7 Å². The number of hydrogen-bond acceptors (Lipinski definition) is 4. The molecule has 0 saturated carbocycles. The van der Waals surface area contributed by atoms with Crippen molar-refractivity contribution < 1.29 is 13.2 Å². The largest absolute Gasteiger partial charge is 0.324 e. The number of nitrogens with one attached hydrogen (secondary N) is 2. The standard InChI is InChI=1S/C14H17ClN4O3S/c1-9-14(10(2)18-17-9)23(21,22)19(3)8-13(20)16-12-7-5-4-6-11(12)15/h4-7H,8H2,1-3H3,(H,16,20)(H,17,18). The molecule has 2 N–H and O–H groups in total. The minimum absolute atomic E-state index is 0.0885. The number of halogens is 1. The number of nitrogens with zero attached hydrogens (tertiary/aromatic N) is 2. The molecule has 0 aliphatic carbocycles. The van der Waals surface area contributed by atoms with Crippen LogP contribution in [0.1, 0.15) is 11.4 Å². The molecular formula is C14H17ClN4O3S. The number of aromatic nitrogens is 2. The van der Waals surface area contributed by atoms with Gasteiger partial charge in [-0.25, -0.2) is 8.42 Å². The summed E-state index contributed by atoms with van der Waals surface area (Å²) in [5, 5.41) is 9.47. The lowest BCUT2D eigenvalue weighted by Gasteiger charge is -2.17. The molecule has 1 heterocycles. The molecule has 23 heavy (non-hydrogen) atoms. The average Bonchev–Trinajstić information content (AvgIpc) is 2.81. The number of para-hydroxylation sites is 1. The third-order valence-electron chi connectivity index (χ3n) is 3.24. The summed E-state index contributed by atoms with van der Waals surface area (Å²) in [6.07, 6.45) is 0. The van der Waals surface area contributed by atoms with Crippen LogP contribution < -0.4 is 5.32 Å². The van der Waals surface area contributed by atoms with E-state index in [1.807, 2.05) is 0 Å². The molecule has 1 amide bonds. The summed E-state index contributed by atoms with van der Waals surface area (Å²) in [6, 6.07) is 6.73. The topological polar surface area (TPSA) is 95.2 Å². The van der Waals surface area contributed by atoms with Crippen LogP contribution in [0.2, 0.25) is 5.02 Å². The van der Waals surface area contributed by atoms with E-state index in [2.05, 4.69) is 15.5 Å². The summed E-state index contributed by atoms with van der Waals surface area (Å²) in [5.41, 5.74) is 1.22. The quantitative estimate of drug-likeness (QED) is 0.855. The Balaban J connectivity index is 2.14. The second kappa shape index (κ2) is 6.69. The van der Waals surface area contributed by atoms with E-state index in [-0.39, 0.29) is 11.4 Å². The van der Waals surface area contributed by atoms with Gasteiger partial charge in [-0.05, 0) is 26.0 Å². The first-order chi connectivity index (χ1) is 10.7. The highest BCUT2D eigenvalue weighted by molar-refractivity contribution is 7.89. The zero-order chi connectivity index (χ0) is 17.2. The monoisotopic (exact) mass is 356 g/mol. The van der Waals surface area contributed by atoms with Gasteiger partial charge in [0.05, 0.1) is 28.6 Å². The molecular weight excluding hydrogens is 340 g/mol. The first-order valence-electron chi connectivity index (χ1n) is 6.75. The van der Waals surface area contributed by atoms with E-state index in [1.165, 1.54) is 7.05 Å². The molecule has 0 atom stereocenters. The number of rotatable bonds is 5. The molecule has 0 saturated heterocycles. The first-order valence-corrected chi connectivity index (χ1v) is 8.57. The number of likely N-dealkylation sites (N-methyl/N-ethyl adjacent to an activating group) is 1. The molecule has 0 spiro atoms. The summed E-state index contributed by atoms with van der Waals surface area (Å²) in [7, 11) is -2.47. The highest BCUT2D eigenvalue weighted by Crippen LogP contribution is 2.22.